The number of primary amides is 1. The van der Waals surface area contributed by atoms with E-state index in [9.17, 15) is 9.59 Å². The molecule has 2 aliphatic heterocycles. The molecule has 2 aliphatic rings. The Balaban J connectivity index is 1.51. The third-order valence-electron chi connectivity index (χ3n) is 6.43. The molecule has 0 aliphatic carbocycles. The largest absolute Gasteiger partial charge is 0.369 e. The van der Waals surface area contributed by atoms with Crippen molar-refractivity contribution in [3.63, 3.8) is 0 Å². The van der Waals surface area contributed by atoms with E-state index < -0.39 is 0 Å². The third kappa shape index (κ3) is 4.05. The lowest BCUT2D eigenvalue weighted by atomic mass is 9.76. The first kappa shape index (κ1) is 19.6. The van der Waals surface area contributed by atoms with E-state index in [4.69, 9.17) is 5.73 Å². The van der Waals surface area contributed by atoms with Crippen LogP contribution in [0.15, 0.2) is 42.6 Å². The fourth-order valence-corrected chi connectivity index (χ4v) is 5.00. The summed E-state index contributed by atoms with van der Waals surface area (Å²) in [6.45, 7) is 6.08. The van der Waals surface area contributed by atoms with Gasteiger partial charge in [0.15, 0.2) is 0 Å². The van der Waals surface area contributed by atoms with Crippen molar-refractivity contribution in [2.75, 3.05) is 32.7 Å². The van der Waals surface area contributed by atoms with E-state index in [1.54, 1.807) is 10.7 Å². The van der Waals surface area contributed by atoms with Crippen molar-refractivity contribution in [3.05, 3.63) is 53.9 Å². The first-order valence-electron chi connectivity index (χ1n) is 10.4. The van der Waals surface area contributed by atoms with Crippen molar-refractivity contribution < 1.29 is 9.59 Å². The highest BCUT2D eigenvalue weighted by molar-refractivity contribution is 5.92. The molecule has 4 rings (SSSR count). The number of carbonyl (C=O) groups is 2. The van der Waals surface area contributed by atoms with Crippen LogP contribution in [0.25, 0.3) is 0 Å². The Kier molecular flexibility index (Phi) is 5.41. The molecule has 0 radical (unpaired) electrons. The predicted octanol–water partition coefficient (Wildman–Crippen LogP) is 1.40. The number of benzene rings is 1. The molecule has 2 saturated heterocycles. The van der Waals surface area contributed by atoms with Crippen LogP contribution < -0.4 is 5.73 Å². The maximum atomic E-state index is 13.0. The number of rotatable bonds is 7. The van der Waals surface area contributed by atoms with Gasteiger partial charge < -0.3 is 10.6 Å². The molecule has 2 fully saturated rings. The van der Waals surface area contributed by atoms with Gasteiger partial charge in [-0.05, 0) is 37.3 Å². The normalized spacial score (nSPS) is 24.0. The summed E-state index contributed by atoms with van der Waals surface area (Å²) in [5, 5.41) is 4.39. The molecule has 0 saturated carbocycles. The van der Waals surface area contributed by atoms with Gasteiger partial charge in [-0.2, -0.15) is 5.10 Å². The summed E-state index contributed by atoms with van der Waals surface area (Å²) in [6.07, 6.45) is 3.81. The Labute approximate surface area is 171 Å². The second-order valence-electron chi connectivity index (χ2n) is 8.42. The maximum absolute atomic E-state index is 13.0. The molecule has 0 unspecified atom stereocenters. The topological polar surface area (TPSA) is 84.5 Å². The number of likely N-dealkylation sites (tertiary alicyclic amines) is 2. The zero-order valence-electron chi connectivity index (χ0n) is 17.0. The molecular weight excluding hydrogens is 366 g/mol. The highest BCUT2D eigenvalue weighted by Gasteiger charge is 2.53. The monoisotopic (exact) mass is 395 g/mol. The summed E-state index contributed by atoms with van der Waals surface area (Å²) in [5.41, 5.74) is 7.26. The molecule has 7 nitrogen and oxygen atoms in total. The Bertz CT molecular complexity index is 880. The second-order valence-corrected chi connectivity index (χ2v) is 8.42. The first-order valence-corrected chi connectivity index (χ1v) is 10.4. The van der Waals surface area contributed by atoms with E-state index in [0.717, 1.165) is 32.5 Å². The summed E-state index contributed by atoms with van der Waals surface area (Å²) in [6, 6.07) is 12.3. The number of aromatic nitrogens is 2. The molecule has 0 bridgehead atoms. The van der Waals surface area contributed by atoms with Gasteiger partial charge >= 0.3 is 0 Å². The van der Waals surface area contributed by atoms with E-state index in [2.05, 4.69) is 34.3 Å². The third-order valence-corrected chi connectivity index (χ3v) is 6.43. The second kappa shape index (κ2) is 7.99. The lowest BCUT2D eigenvalue weighted by Crippen LogP contribution is -2.39. The Morgan fingerprint density at radius 2 is 1.97 bits per heavy atom. The minimum Gasteiger partial charge on any atom is -0.369 e. The molecule has 2 amide bonds. The van der Waals surface area contributed by atoms with Gasteiger partial charge in [-0.3, -0.25) is 19.2 Å². The van der Waals surface area contributed by atoms with Crippen molar-refractivity contribution in [1.82, 2.24) is 19.6 Å². The maximum Gasteiger partial charge on any atom is 0.274 e. The van der Waals surface area contributed by atoms with Gasteiger partial charge in [0.25, 0.3) is 5.91 Å². The molecule has 3 heterocycles. The minimum absolute atomic E-state index is 0.00568. The van der Waals surface area contributed by atoms with Gasteiger partial charge in [-0.1, -0.05) is 30.3 Å². The molecule has 1 aromatic heterocycles. The number of hydrogen-bond acceptors (Lipinski definition) is 4. The van der Waals surface area contributed by atoms with E-state index >= 15 is 0 Å². The van der Waals surface area contributed by atoms with Gasteiger partial charge in [0.2, 0.25) is 5.91 Å². The summed E-state index contributed by atoms with van der Waals surface area (Å²) in [5.74, 6) is 0.0659. The van der Waals surface area contributed by atoms with Gasteiger partial charge in [0.1, 0.15) is 5.69 Å². The van der Waals surface area contributed by atoms with Crippen LogP contribution in [-0.4, -0.2) is 64.1 Å². The van der Waals surface area contributed by atoms with Crippen molar-refractivity contribution in [2.45, 2.75) is 26.3 Å². The van der Waals surface area contributed by atoms with Crippen LogP contribution in [0.5, 0.6) is 0 Å². The van der Waals surface area contributed by atoms with E-state index in [1.807, 2.05) is 24.1 Å². The Hall–Kier alpha value is -2.67. The van der Waals surface area contributed by atoms with Crippen LogP contribution in [0.1, 0.15) is 29.4 Å². The molecule has 2 N–H and O–H groups in total. The number of nitrogens with zero attached hydrogens (tertiary/aromatic N) is 4. The predicted molar refractivity (Wildman–Crippen MR) is 110 cm³/mol. The SMILES string of the molecule is CCn1ccc(C(=O)N2C[C@@H]3CN(CC(N)=O)C[C@]3(CCc3ccccc3)C2)n1. The van der Waals surface area contributed by atoms with Gasteiger partial charge in [-0.15, -0.1) is 0 Å². The number of amides is 2. The summed E-state index contributed by atoms with van der Waals surface area (Å²) < 4.78 is 1.78. The lowest BCUT2D eigenvalue weighted by Gasteiger charge is -2.29. The molecule has 29 heavy (non-hydrogen) atoms. The van der Waals surface area contributed by atoms with Gasteiger partial charge in [-0.25, -0.2) is 0 Å². The number of nitrogens with two attached hydrogens (primary N) is 1. The van der Waals surface area contributed by atoms with E-state index in [-0.39, 0.29) is 17.2 Å². The molecule has 2 aromatic rings. The molecule has 2 atom stereocenters. The first-order chi connectivity index (χ1) is 14.0. The van der Waals surface area contributed by atoms with Crippen LogP contribution >= 0.6 is 0 Å². The Morgan fingerprint density at radius 3 is 2.66 bits per heavy atom. The average Bonchev–Trinajstić information content (AvgIpc) is 3.39. The molecule has 154 valence electrons. The summed E-state index contributed by atoms with van der Waals surface area (Å²) in [4.78, 5) is 28.6. The summed E-state index contributed by atoms with van der Waals surface area (Å²) in [7, 11) is 0. The average molecular weight is 396 g/mol. The number of fused-ring (bicyclic) bond motifs is 1. The number of aryl methyl sites for hydroxylation is 2. The van der Waals surface area contributed by atoms with Crippen molar-refractivity contribution >= 4 is 11.8 Å². The smallest absolute Gasteiger partial charge is 0.274 e. The molecule has 7 heteroatoms. The fourth-order valence-electron chi connectivity index (χ4n) is 5.00. The van der Waals surface area contributed by atoms with Crippen LogP contribution in [0.4, 0.5) is 0 Å². The molecular formula is C22H29N5O2. The fraction of sp³-hybridized carbons (Fsp3) is 0.500. The molecule has 0 spiro atoms. The van der Waals surface area contributed by atoms with Crippen molar-refractivity contribution in [2.24, 2.45) is 17.1 Å². The van der Waals surface area contributed by atoms with Crippen LogP contribution in [0, 0.1) is 11.3 Å². The zero-order chi connectivity index (χ0) is 20.4. The molecule has 1 aromatic carbocycles. The highest BCUT2D eigenvalue weighted by Crippen LogP contribution is 2.46. The number of carbonyl (C=O) groups excluding carboxylic acids is 2. The Morgan fingerprint density at radius 1 is 1.17 bits per heavy atom. The lowest BCUT2D eigenvalue weighted by molar-refractivity contribution is -0.119. The van der Waals surface area contributed by atoms with Crippen molar-refractivity contribution in [3.8, 4) is 0 Å². The number of hydrogen-bond donors (Lipinski definition) is 1. The minimum atomic E-state index is -0.291. The van der Waals surface area contributed by atoms with E-state index in [1.165, 1.54) is 5.56 Å². The van der Waals surface area contributed by atoms with E-state index in [0.29, 0.717) is 31.2 Å². The van der Waals surface area contributed by atoms with Crippen LogP contribution in [0.2, 0.25) is 0 Å². The zero-order valence-corrected chi connectivity index (χ0v) is 17.0. The van der Waals surface area contributed by atoms with Gasteiger partial charge in [0, 0.05) is 44.3 Å². The summed E-state index contributed by atoms with van der Waals surface area (Å²) >= 11 is 0. The van der Waals surface area contributed by atoms with Crippen LogP contribution in [0.3, 0.4) is 0 Å². The van der Waals surface area contributed by atoms with Crippen LogP contribution in [-0.2, 0) is 17.8 Å². The van der Waals surface area contributed by atoms with Gasteiger partial charge in [0.05, 0.1) is 6.54 Å². The standard InChI is InChI=1S/C22H29N5O2/c1-2-27-11-9-19(24-27)21(29)26-13-18-12-25(14-20(23)28)15-22(18,16-26)10-8-17-6-4-3-5-7-17/h3-7,9,11,18H,2,8,10,12-16H2,1H3,(H2,23,28)/t18-,22+/m0/s1. The quantitative estimate of drug-likeness (QED) is 0.768. The van der Waals surface area contributed by atoms with Crippen molar-refractivity contribution in [1.29, 1.82) is 0 Å². The highest BCUT2D eigenvalue weighted by atomic mass is 16.2.